The summed E-state index contributed by atoms with van der Waals surface area (Å²) < 4.78 is 15.2. The lowest BCUT2D eigenvalue weighted by molar-refractivity contribution is -0.156. The molecule has 1 N–H and O–H groups in total. The van der Waals surface area contributed by atoms with Gasteiger partial charge in [0.1, 0.15) is 23.4 Å². The molecule has 0 amide bonds. The molecule has 0 bridgehead atoms. The number of allylic oxidation sites excluding steroid dienone is 1. The van der Waals surface area contributed by atoms with Gasteiger partial charge in [0.15, 0.2) is 5.78 Å². The Morgan fingerprint density at radius 1 is 1.17 bits per heavy atom. The molecule has 7 heteroatoms. The van der Waals surface area contributed by atoms with E-state index in [-0.39, 0.29) is 19.0 Å². The van der Waals surface area contributed by atoms with Gasteiger partial charge in [0.2, 0.25) is 0 Å². The molecule has 0 saturated carbocycles. The van der Waals surface area contributed by atoms with Crippen LogP contribution in [-0.2, 0) is 23.9 Å². The third-order valence-electron chi connectivity index (χ3n) is 3.59. The molecule has 0 spiro atoms. The third kappa shape index (κ3) is 3.28. The molecule has 2 rings (SSSR count). The Morgan fingerprint density at radius 2 is 1.78 bits per heavy atom. The molecule has 124 valence electrons. The normalized spacial score (nSPS) is 24.0. The number of aliphatic hydroxyl groups is 1. The number of hydrogen-bond acceptors (Lipinski definition) is 7. The Balaban J connectivity index is 2.50. The Morgan fingerprint density at radius 3 is 2.30 bits per heavy atom. The van der Waals surface area contributed by atoms with Crippen LogP contribution in [0.5, 0.6) is 0 Å². The lowest BCUT2D eigenvalue weighted by Crippen LogP contribution is -2.42. The molecule has 1 heterocycles. The predicted octanol–water partition coefficient (Wildman–Crippen LogP) is 1.75. The fraction of sp³-hybridized carbons (Fsp3) is 0.438. The van der Waals surface area contributed by atoms with E-state index in [0.29, 0.717) is 0 Å². The van der Waals surface area contributed by atoms with Crippen LogP contribution in [0.3, 0.4) is 0 Å². The molecule has 0 radical (unpaired) electrons. The largest absolute Gasteiger partial charge is 0.511 e. The Bertz CT molecular complexity index is 614. The maximum atomic E-state index is 12.2. The number of carbonyl (C=O) groups excluding carboxylic acids is 3. The summed E-state index contributed by atoms with van der Waals surface area (Å²) in [6.07, 6.45) is 2.24. The van der Waals surface area contributed by atoms with Crippen LogP contribution < -0.4 is 0 Å². The summed E-state index contributed by atoms with van der Waals surface area (Å²) in [6.45, 7) is 3.43. The van der Waals surface area contributed by atoms with Crippen molar-refractivity contribution in [2.75, 3.05) is 13.2 Å². The summed E-state index contributed by atoms with van der Waals surface area (Å²) in [7, 11) is 0. The highest BCUT2D eigenvalue weighted by Crippen LogP contribution is 2.41. The van der Waals surface area contributed by atoms with Crippen molar-refractivity contribution in [3.63, 3.8) is 0 Å². The van der Waals surface area contributed by atoms with Gasteiger partial charge in [-0.1, -0.05) is 0 Å². The SMILES string of the molecule is CCOC(=O)[C@@H]1C(=O)C=C(O)[C@H](C(=O)OCC)[C@H]1c1ccco1. The number of furan rings is 1. The topological polar surface area (TPSA) is 103 Å². The molecule has 0 unspecified atom stereocenters. The standard InChI is InChI=1S/C16H18O7/c1-3-21-15(19)12-9(17)8-10(18)13(16(20)22-4-2)14(12)11-6-5-7-23-11/h5-8,12-14,17H,3-4H2,1-2H3/t12-,13+,14+/m0/s1. The van der Waals surface area contributed by atoms with E-state index in [1.165, 1.54) is 12.3 Å². The van der Waals surface area contributed by atoms with E-state index in [1.807, 2.05) is 0 Å². The highest BCUT2D eigenvalue weighted by molar-refractivity contribution is 6.08. The van der Waals surface area contributed by atoms with Gasteiger partial charge in [-0.3, -0.25) is 14.4 Å². The van der Waals surface area contributed by atoms with E-state index >= 15 is 0 Å². The van der Waals surface area contributed by atoms with Crippen molar-refractivity contribution in [2.45, 2.75) is 19.8 Å². The molecule has 0 saturated heterocycles. The predicted molar refractivity (Wildman–Crippen MR) is 77.4 cm³/mol. The Kier molecular flexibility index (Phi) is 5.20. The van der Waals surface area contributed by atoms with E-state index in [1.54, 1.807) is 19.9 Å². The van der Waals surface area contributed by atoms with Gasteiger partial charge < -0.3 is 19.0 Å². The molecule has 1 aliphatic rings. The molecular weight excluding hydrogens is 304 g/mol. The number of hydrogen-bond donors (Lipinski definition) is 1. The van der Waals surface area contributed by atoms with Crippen LogP contribution in [0.25, 0.3) is 0 Å². The van der Waals surface area contributed by atoms with Gasteiger partial charge in [0.25, 0.3) is 0 Å². The summed E-state index contributed by atoms with van der Waals surface area (Å²) in [6, 6.07) is 3.11. The number of aliphatic hydroxyl groups excluding tert-OH is 1. The zero-order valence-corrected chi connectivity index (χ0v) is 12.9. The molecule has 0 aliphatic heterocycles. The number of rotatable bonds is 5. The smallest absolute Gasteiger partial charge is 0.317 e. The van der Waals surface area contributed by atoms with Crippen LogP contribution in [0.15, 0.2) is 34.6 Å². The van der Waals surface area contributed by atoms with Gasteiger partial charge in [-0.2, -0.15) is 0 Å². The number of ether oxygens (including phenoxy) is 2. The molecule has 0 aromatic carbocycles. The lowest BCUT2D eigenvalue weighted by atomic mass is 9.72. The quantitative estimate of drug-likeness (QED) is 0.650. The summed E-state index contributed by atoms with van der Waals surface area (Å²) in [5, 5.41) is 10.1. The first-order valence-electron chi connectivity index (χ1n) is 7.32. The summed E-state index contributed by atoms with van der Waals surface area (Å²) in [5.74, 6) is -5.84. The van der Waals surface area contributed by atoms with Crippen LogP contribution in [-0.4, -0.2) is 36.0 Å². The number of carbonyl (C=O) groups is 3. The average molecular weight is 322 g/mol. The summed E-state index contributed by atoms with van der Waals surface area (Å²) in [5.41, 5.74) is 0. The van der Waals surface area contributed by atoms with Crippen LogP contribution in [0, 0.1) is 11.8 Å². The van der Waals surface area contributed by atoms with Crippen molar-refractivity contribution in [1.82, 2.24) is 0 Å². The van der Waals surface area contributed by atoms with Crippen LogP contribution in [0.2, 0.25) is 0 Å². The van der Waals surface area contributed by atoms with E-state index in [2.05, 4.69) is 0 Å². The first kappa shape index (κ1) is 16.8. The molecule has 1 aromatic rings. The van der Waals surface area contributed by atoms with E-state index < -0.39 is 41.2 Å². The van der Waals surface area contributed by atoms with Crippen LogP contribution in [0.4, 0.5) is 0 Å². The van der Waals surface area contributed by atoms with Crippen molar-refractivity contribution in [2.24, 2.45) is 11.8 Å². The van der Waals surface area contributed by atoms with Crippen molar-refractivity contribution < 1.29 is 33.4 Å². The first-order chi connectivity index (χ1) is 11.0. The Labute approximate surface area is 132 Å². The fourth-order valence-electron chi connectivity index (χ4n) is 2.68. The maximum absolute atomic E-state index is 12.2. The van der Waals surface area contributed by atoms with Gasteiger partial charge in [0, 0.05) is 6.08 Å². The summed E-state index contributed by atoms with van der Waals surface area (Å²) >= 11 is 0. The lowest BCUT2D eigenvalue weighted by Gasteiger charge is -2.31. The van der Waals surface area contributed by atoms with E-state index in [9.17, 15) is 19.5 Å². The molecule has 23 heavy (non-hydrogen) atoms. The van der Waals surface area contributed by atoms with Crippen molar-refractivity contribution >= 4 is 17.7 Å². The second kappa shape index (κ2) is 7.13. The summed E-state index contributed by atoms with van der Waals surface area (Å²) in [4.78, 5) is 36.6. The highest BCUT2D eigenvalue weighted by atomic mass is 16.5. The van der Waals surface area contributed by atoms with Crippen molar-refractivity contribution in [3.8, 4) is 0 Å². The van der Waals surface area contributed by atoms with Crippen LogP contribution >= 0.6 is 0 Å². The van der Waals surface area contributed by atoms with Gasteiger partial charge in [0.05, 0.1) is 25.4 Å². The minimum Gasteiger partial charge on any atom is -0.511 e. The Hall–Kier alpha value is -2.57. The monoisotopic (exact) mass is 322 g/mol. The third-order valence-corrected chi connectivity index (χ3v) is 3.59. The molecule has 1 aromatic heterocycles. The minimum absolute atomic E-state index is 0.0905. The second-order valence-electron chi connectivity index (χ2n) is 4.97. The molecule has 1 aliphatic carbocycles. The van der Waals surface area contributed by atoms with Crippen molar-refractivity contribution in [3.05, 3.63) is 36.0 Å². The minimum atomic E-state index is -1.27. The van der Waals surface area contributed by atoms with Gasteiger partial charge >= 0.3 is 11.9 Å². The zero-order chi connectivity index (χ0) is 17.0. The maximum Gasteiger partial charge on any atom is 0.317 e. The fourth-order valence-corrected chi connectivity index (χ4v) is 2.68. The van der Waals surface area contributed by atoms with Crippen molar-refractivity contribution in [1.29, 1.82) is 0 Å². The molecule has 3 atom stereocenters. The molecular formula is C16H18O7. The van der Waals surface area contributed by atoms with E-state index in [0.717, 1.165) is 6.08 Å². The van der Waals surface area contributed by atoms with Gasteiger partial charge in [-0.25, -0.2) is 0 Å². The average Bonchev–Trinajstić information content (AvgIpc) is 3.00. The van der Waals surface area contributed by atoms with Crippen LogP contribution in [0.1, 0.15) is 25.5 Å². The van der Waals surface area contributed by atoms with E-state index in [4.69, 9.17) is 13.9 Å². The number of esters is 2. The number of ketones is 1. The molecule has 7 nitrogen and oxygen atoms in total. The highest BCUT2D eigenvalue weighted by Gasteiger charge is 2.50. The second-order valence-corrected chi connectivity index (χ2v) is 4.97. The zero-order valence-electron chi connectivity index (χ0n) is 12.9. The van der Waals surface area contributed by atoms with Gasteiger partial charge in [-0.05, 0) is 26.0 Å². The van der Waals surface area contributed by atoms with Gasteiger partial charge in [-0.15, -0.1) is 0 Å². The first-order valence-corrected chi connectivity index (χ1v) is 7.32. The molecule has 0 fully saturated rings.